The number of hydrogen-bond donors (Lipinski definition) is 0. The fraction of sp³-hybridized carbons (Fsp3) is 0.444. The van der Waals surface area contributed by atoms with Crippen molar-refractivity contribution in [1.29, 1.82) is 0 Å². The fourth-order valence-corrected chi connectivity index (χ4v) is 1.85. The molecule has 2 nitrogen and oxygen atoms in total. The minimum absolute atomic E-state index is 0. The third-order valence-corrected chi connectivity index (χ3v) is 3.09. The van der Waals surface area contributed by atoms with Gasteiger partial charge < -0.3 is 99.3 Å². The summed E-state index contributed by atoms with van der Waals surface area (Å²) in [7, 11) is 0. The van der Waals surface area contributed by atoms with Crippen molar-refractivity contribution in [3.63, 3.8) is 0 Å². The molecule has 176 valence electrons. The van der Waals surface area contributed by atoms with Crippen LogP contribution in [-0.2, 0) is 13.1 Å². The molecule has 0 aliphatic rings. The summed E-state index contributed by atoms with van der Waals surface area (Å²) in [5.74, 6) is 0. The Kier molecular flexibility index (Phi) is 103. The molecule has 0 atom stereocenters. The van der Waals surface area contributed by atoms with Crippen molar-refractivity contribution < 1.29 is 108 Å². The van der Waals surface area contributed by atoms with E-state index in [1.807, 2.05) is 12.1 Å². The maximum absolute atomic E-state index is 2.21. The number of aromatic nitrogens is 2. The Balaban J connectivity index is -0.0000000250. The van der Waals surface area contributed by atoms with Crippen molar-refractivity contribution in [1.82, 2.24) is 0 Å². The molecule has 0 saturated heterocycles. The quantitative estimate of drug-likeness (QED) is 0.201. The van der Waals surface area contributed by atoms with Crippen molar-refractivity contribution in [3.05, 3.63) is 61.2 Å². The van der Waals surface area contributed by atoms with Gasteiger partial charge in [0.25, 0.3) is 0 Å². The van der Waals surface area contributed by atoms with E-state index in [0.717, 1.165) is 13.1 Å². The number of pyridine rings is 2. The molecule has 0 spiro atoms. The fourth-order valence-electron chi connectivity index (χ4n) is 1.85. The minimum atomic E-state index is 0. The largest absolute Gasteiger partial charge is 3.00 e. The van der Waals surface area contributed by atoms with Gasteiger partial charge in [-0.05, 0) is 0 Å². The zero-order valence-corrected chi connectivity index (χ0v) is 29.8. The van der Waals surface area contributed by atoms with E-state index in [-0.39, 0.29) is 152 Å². The van der Waals surface area contributed by atoms with Gasteiger partial charge in [-0.2, -0.15) is 0 Å². The zero-order valence-electron chi connectivity index (χ0n) is 16.8. The maximum Gasteiger partial charge on any atom is 3.00 e. The molecule has 12 heteroatoms. The van der Waals surface area contributed by atoms with Crippen LogP contribution in [0.25, 0.3) is 0 Å². The van der Waals surface area contributed by atoms with E-state index in [1.165, 1.54) is 25.7 Å². The van der Waals surface area contributed by atoms with Crippen LogP contribution in [0.3, 0.4) is 0 Å². The molecular weight excluding hydrogens is 946 g/mol. The third-order valence-electron chi connectivity index (χ3n) is 3.09. The van der Waals surface area contributed by atoms with Gasteiger partial charge in [0.1, 0.15) is 13.1 Å². The molecular formula is C18H28Bi2Cl8N2. The van der Waals surface area contributed by atoms with Crippen LogP contribution in [0.4, 0.5) is 0 Å². The first-order valence-electron chi connectivity index (χ1n) is 7.75. The van der Waals surface area contributed by atoms with Gasteiger partial charge >= 0.3 is 52.4 Å². The molecule has 2 heterocycles. The van der Waals surface area contributed by atoms with Crippen LogP contribution >= 0.6 is 0 Å². The van der Waals surface area contributed by atoms with Gasteiger partial charge in [-0.15, -0.1) is 0 Å². The van der Waals surface area contributed by atoms with Crippen molar-refractivity contribution in [2.75, 3.05) is 0 Å². The van der Waals surface area contributed by atoms with Crippen LogP contribution in [0.2, 0.25) is 0 Å². The van der Waals surface area contributed by atoms with E-state index in [2.05, 4.69) is 72.0 Å². The summed E-state index contributed by atoms with van der Waals surface area (Å²) in [6.45, 7) is 6.72. The topological polar surface area (TPSA) is 7.76 Å². The Morgan fingerprint density at radius 2 is 0.667 bits per heavy atom. The predicted molar refractivity (Wildman–Crippen MR) is 94.6 cm³/mol. The number of aryl methyl sites for hydroxylation is 2. The standard InChI is InChI=1S/2C9H14N.2Bi.8ClH/c2*1-2-3-7-10-8-5-4-6-9-10;;;;;;;;;;/h2*4-6,8-9H,2-3,7H2,1H3;;;8*1H/q2*+1;2*+3;;;;;;;;/p-8. The second-order valence-corrected chi connectivity index (χ2v) is 4.93. The Bertz CT molecular complexity index is 417. The van der Waals surface area contributed by atoms with Crippen molar-refractivity contribution in [3.8, 4) is 0 Å². The minimum Gasteiger partial charge on any atom is -1.00 e. The van der Waals surface area contributed by atoms with Crippen molar-refractivity contribution in [2.45, 2.75) is 52.6 Å². The average molecular weight is 974 g/mol. The second-order valence-electron chi connectivity index (χ2n) is 4.93. The van der Waals surface area contributed by atoms with Gasteiger partial charge in [0, 0.05) is 37.1 Å². The maximum atomic E-state index is 2.21. The van der Waals surface area contributed by atoms with Crippen molar-refractivity contribution >= 4 is 52.4 Å². The summed E-state index contributed by atoms with van der Waals surface area (Å²) in [5.41, 5.74) is 0. The molecule has 4 radical (unpaired) electrons. The first kappa shape index (κ1) is 63.7. The zero-order chi connectivity index (χ0) is 14.5. The van der Waals surface area contributed by atoms with E-state index in [4.69, 9.17) is 0 Å². The van der Waals surface area contributed by atoms with Crippen molar-refractivity contribution in [2.24, 2.45) is 0 Å². The summed E-state index contributed by atoms with van der Waals surface area (Å²) in [6, 6.07) is 12.3. The Hall–Kier alpha value is 2.39. The molecule has 0 fully saturated rings. The second kappa shape index (κ2) is 48.7. The predicted octanol–water partition coefficient (Wildman–Crippen LogP) is -21.2. The van der Waals surface area contributed by atoms with Crippen LogP contribution in [0.15, 0.2) is 61.2 Å². The molecule has 2 aromatic rings. The van der Waals surface area contributed by atoms with Gasteiger partial charge in [0.15, 0.2) is 24.8 Å². The van der Waals surface area contributed by atoms with E-state index in [1.54, 1.807) is 0 Å². The van der Waals surface area contributed by atoms with E-state index in [0.29, 0.717) is 0 Å². The molecule has 0 bridgehead atoms. The molecule has 0 N–H and O–H groups in total. The Morgan fingerprint density at radius 1 is 0.433 bits per heavy atom. The van der Waals surface area contributed by atoms with E-state index < -0.39 is 0 Å². The molecule has 0 aromatic carbocycles. The third kappa shape index (κ3) is 37.7. The van der Waals surface area contributed by atoms with E-state index in [9.17, 15) is 0 Å². The summed E-state index contributed by atoms with van der Waals surface area (Å²) in [5, 5.41) is 0. The number of nitrogens with zero attached hydrogens (tertiary/aromatic N) is 2. The Labute approximate surface area is 271 Å². The van der Waals surface area contributed by atoms with Crippen LogP contribution in [0.5, 0.6) is 0 Å². The van der Waals surface area contributed by atoms with Crippen LogP contribution < -0.4 is 108 Å². The SMILES string of the molecule is CCCC[n+]1ccccc1.CCCC[n+]1ccccc1.[Bi+3].[Bi+3].[Cl-].[Cl-].[Cl-].[Cl-].[Cl-].[Cl-].[Cl-].[Cl-]. The number of halogens is 8. The van der Waals surface area contributed by atoms with Crippen LogP contribution in [0, 0.1) is 0 Å². The van der Waals surface area contributed by atoms with Gasteiger partial charge in [0.05, 0.1) is 0 Å². The average Bonchev–Trinajstić information content (AvgIpc) is 2.53. The Morgan fingerprint density at radius 3 is 0.867 bits per heavy atom. The number of rotatable bonds is 6. The molecule has 0 unspecified atom stereocenters. The van der Waals surface area contributed by atoms with E-state index >= 15 is 0 Å². The van der Waals surface area contributed by atoms with Gasteiger partial charge in [-0.25, -0.2) is 9.13 Å². The molecule has 30 heavy (non-hydrogen) atoms. The molecule has 2 rings (SSSR count). The first-order chi connectivity index (χ1) is 9.86. The molecule has 0 aliphatic carbocycles. The van der Waals surface area contributed by atoms with Gasteiger partial charge in [-0.3, -0.25) is 0 Å². The molecule has 0 saturated carbocycles. The summed E-state index contributed by atoms with van der Waals surface area (Å²) in [6.07, 6.45) is 13.5. The molecule has 0 aliphatic heterocycles. The summed E-state index contributed by atoms with van der Waals surface area (Å²) in [4.78, 5) is 0. The van der Waals surface area contributed by atoms with Crippen LogP contribution in [0.1, 0.15) is 39.5 Å². The monoisotopic (exact) mass is 970 g/mol. The first-order valence-corrected chi connectivity index (χ1v) is 7.75. The molecule has 0 amide bonds. The van der Waals surface area contributed by atoms with Crippen LogP contribution in [-0.4, -0.2) is 52.4 Å². The number of hydrogen-bond acceptors (Lipinski definition) is 0. The van der Waals surface area contributed by atoms with Gasteiger partial charge in [0.2, 0.25) is 0 Å². The summed E-state index contributed by atoms with van der Waals surface area (Å²) >= 11 is 0. The molecule has 2 aromatic heterocycles. The smallest absolute Gasteiger partial charge is 1.00 e. The van der Waals surface area contributed by atoms with Gasteiger partial charge in [-0.1, -0.05) is 38.8 Å². The summed E-state index contributed by atoms with van der Waals surface area (Å²) < 4.78 is 4.42. The number of unbranched alkanes of at least 4 members (excludes halogenated alkanes) is 2. The normalized spacial score (nSPS) is 6.47.